The SMILES string of the molecule is C/C=C(S)\[N+]([O-])=C/C. The molecule has 0 aliphatic heterocycles. The van der Waals surface area contributed by atoms with Crippen molar-refractivity contribution in [1.82, 2.24) is 0 Å². The summed E-state index contributed by atoms with van der Waals surface area (Å²) in [5.74, 6) is 0. The summed E-state index contributed by atoms with van der Waals surface area (Å²) in [5.41, 5.74) is 0. The molecule has 0 aliphatic carbocycles. The van der Waals surface area contributed by atoms with E-state index in [2.05, 4.69) is 12.6 Å². The van der Waals surface area contributed by atoms with Crippen LogP contribution in [0.1, 0.15) is 13.8 Å². The lowest BCUT2D eigenvalue weighted by atomic mass is 10.7. The Morgan fingerprint density at radius 1 is 1.62 bits per heavy atom. The maximum Gasteiger partial charge on any atom is 0.243 e. The number of allylic oxidation sites excluding steroid dienone is 1. The predicted octanol–water partition coefficient (Wildman–Crippen LogP) is 1.38. The Labute approximate surface area is 54.5 Å². The number of hydroxylamine groups is 1. The molecule has 0 radical (unpaired) electrons. The number of nitrogens with zero attached hydrogens (tertiary/aromatic N) is 1. The molecule has 2 nitrogen and oxygen atoms in total. The van der Waals surface area contributed by atoms with Gasteiger partial charge in [-0.15, -0.1) is 0 Å². The van der Waals surface area contributed by atoms with Gasteiger partial charge in [0.25, 0.3) is 0 Å². The van der Waals surface area contributed by atoms with Crippen LogP contribution < -0.4 is 0 Å². The second kappa shape index (κ2) is 3.55. The van der Waals surface area contributed by atoms with Crippen LogP contribution in [0.4, 0.5) is 0 Å². The Morgan fingerprint density at radius 2 is 2.12 bits per heavy atom. The maximum atomic E-state index is 10.5. The minimum atomic E-state index is 0.424. The monoisotopic (exact) mass is 131 g/mol. The van der Waals surface area contributed by atoms with Gasteiger partial charge in [-0.25, -0.2) is 0 Å². The average molecular weight is 131 g/mol. The molecule has 0 aromatic rings. The fourth-order valence-electron chi connectivity index (χ4n) is 0.260. The smallest absolute Gasteiger partial charge is 0.243 e. The summed E-state index contributed by atoms with van der Waals surface area (Å²) in [6.45, 7) is 3.42. The highest BCUT2D eigenvalue weighted by atomic mass is 32.1. The zero-order chi connectivity index (χ0) is 6.57. The Bertz CT molecular complexity index is 112. The summed E-state index contributed by atoms with van der Waals surface area (Å²) < 4.78 is 0.698. The molecule has 0 bridgehead atoms. The van der Waals surface area contributed by atoms with Crippen LogP contribution >= 0.6 is 12.6 Å². The van der Waals surface area contributed by atoms with Crippen LogP contribution in [0.5, 0.6) is 0 Å². The minimum Gasteiger partial charge on any atom is -0.618 e. The van der Waals surface area contributed by atoms with Crippen molar-refractivity contribution in [3.63, 3.8) is 0 Å². The van der Waals surface area contributed by atoms with Gasteiger partial charge in [0.1, 0.15) is 0 Å². The normalized spacial score (nSPS) is 14.4. The second-order valence-corrected chi connectivity index (χ2v) is 1.69. The van der Waals surface area contributed by atoms with E-state index < -0.39 is 0 Å². The van der Waals surface area contributed by atoms with E-state index in [-0.39, 0.29) is 0 Å². The van der Waals surface area contributed by atoms with E-state index in [9.17, 15) is 5.21 Å². The van der Waals surface area contributed by atoms with E-state index >= 15 is 0 Å². The van der Waals surface area contributed by atoms with Crippen molar-refractivity contribution in [2.45, 2.75) is 13.8 Å². The van der Waals surface area contributed by atoms with E-state index in [4.69, 9.17) is 0 Å². The molecule has 0 heterocycles. The molecule has 46 valence electrons. The summed E-state index contributed by atoms with van der Waals surface area (Å²) in [6.07, 6.45) is 3.04. The highest BCUT2D eigenvalue weighted by Crippen LogP contribution is 1.97. The number of hydrogen-bond donors (Lipinski definition) is 1. The first-order valence-corrected chi connectivity index (χ1v) is 2.78. The van der Waals surface area contributed by atoms with Crippen molar-refractivity contribution in [1.29, 1.82) is 0 Å². The zero-order valence-electron chi connectivity index (χ0n) is 4.96. The van der Waals surface area contributed by atoms with Crippen LogP contribution in [-0.2, 0) is 0 Å². The van der Waals surface area contributed by atoms with Gasteiger partial charge in [0, 0.05) is 6.92 Å². The largest absolute Gasteiger partial charge is 0.618 e. The molecule has 0 saturated carbocycles. The Kier molecular flexibility index (Phi) is 3.35. The van der Waals surface area contributed by atoms with E-state index in [1.54, 1.807) is 19.9 Å². The quantitative estimate of drug-likeness (QED) is 0.188. The van der Waals surface area contributed by atoms with E-state index in [1.165, 1.54) is 6.21 Å². The molecule has 3 heteroatoms. The van der Waals surface area contributed by atoms with E-state index in [1.807, 2.05) is 0 Å². The minimum absolute atomic E-state index is 0.424. The van der Waals surface area contributed by atoms with Crippen LogP contribution in [0.2, 0.25) is 0 Å². The molecule has 0 amide bonds. The van der Waals surface area contributed by atoms with Crippen molar-refractivity contribution >= 4 is 18.8 Å². The van der Waals surface area contributed by atoms with Crippen molar-refractivity contribution < 1.29 is 4.74 Å². The lowest BCUT2D eigenvalue weighted by molar-refractivity contribution is -0.381. The summed E-state index contributed by atoms with van der Waals surface area (Å²) in [7, 11) is 0. The summed E-state index contributed by atoms with van der Waals surface area (Å²) in [4.78, 5) is 0. The third-order valence-corrected chi connectivity index (χ3v) is 1.17. The number of thiol groups is 1. The van der Waals surface area contributed by atoms with Gasteiger partial charge in [0.2, 0.25) is 5.03 Å². The first-order chi connectivity index (χ1) is 3.72. The molecule has 0 aromatic heterocycles. The molecule has 0 aliphatic rings. The van der Waals surface area contributed by atoms with Crippen molar-refractivity contribution in [2.75, 3.05) is 0 Å². The Morgan fingerprint density at radius 3 is 2.25 bits per heavy atom. The van der Waals surface area contributed by atoms with Gasteiger partial charge in [0.05, 0.1) is 0 Å². The molecule has 0 saturated heterocycles. The van der Waals surface area contributed by atoms with Gasteiger partial charge >= 0.3 is 0 Å². The van der Waals surface area contributed by atoms with Crippen LogP contribution in [0.3, 0.4) is 0 Å². The zero-order valence-corrected chi connectivity index (χ0v) is 5.85. The topological polar surface area (TPSA) is 26.1 Å². The fraction of sp³-hybridized carbons (Fsp3) is 0.400. The van der Waals surface area contributed by atoms with Crippen LogP contribution in [0.25, 0.3) is 0 Å². The average Bonchev–Trinajstić information content (AvgIpc) is 1.84. The van der Waals surface area contributed by atoms with E-state index in [0.29, 0.717) is 9.77 Å². The van der Waals surface area contributed by atoms with Gasteiger partial charge in [-0.05, 0) is 13.0 Å². The van der Waals surface area contributed by atoms with Crippen molar-refractivity contribution in [2.24, 2.45) is 0 Å². The summed E-state index contributed by atoms with van der Waals surface area (Å²) in [6, 6.07) is 0. The van der Waals surface area contributed by atoms with Crippen LogP contribution in [0.15, 0.2) is 11.1 Å². The highest BCUT2D eigenvalue weighted by molar-refractivity contribution is 7.84. The molecule has 0 fully saturated rings. The van der Waals surface area contributed by atoms with Gasteiger partial charge < -0.3 is 5.21 Å². The van der Waals surface area contributed by atoms with Gasteiger partial charge in [0.15, 0.2) is 6.21 Å². The van der Waals surface area contributed by atoms with Crippen molar-refractivity contribution in [3.05, 3.63) is 16.3 Å². The standard InChI is InChI=1S/C5H9NOS/c1-3-5(8)6(7)4-2/h3-4,8H,1-2H3/b5-3+,6-4+. The first kappa shape index (κ1) is 7.56. The molecule has 8 heavy (non-hydrogen) atoms. The Balaban J connectivity index is 4.04. The van der Waals surface area contributed by atoms with Crippen LogP contribution in [-0.4, -0.2) is 11.0 Å². The summed E-state index contributed by atoms with van der Waals surface area (Å²) >= 11 is 3.85. The third kappa shape index (κ3) is 2.02. The van der Waals surface area contributed by atoms with E-state index in [0.717, 1.165) is 0 Å². The van der Waals surface area contributed by atoms with Gasteiger partial charge in [-0.1, -0.05) is 12.6 Å². The molecule has 0 rings (SSSR count). The van der Waals surface area contributed by atoms with Gasteiger partial charge in [-0.2, -0.15) is 4.74 Å². The third-order valence-electron chi connectivity index (χ3n) is 0.719. The Hall–Kier alpha value is -0.440. The maximum absolute atomic E-state index is 10.5. The molecule has 0 atom stereocenters. The molecule has 0 N–H and O–H groups in total. The predicted molar refractivity (Wildman–Crippen MR) is 38.1 cm³/mol. The number of rotatable bonds is 1. The lowest BCUT2D eigenvalue weighted by Crippen LogP contribution is -1.96. The van der Waals surface area contributed by atoms with Crippen molar-refractivity contribution in [3.8, 4) is 0 Å². The summed E-state index contributed by atoms with van der Waals surface area (Å²) in [5, 5.41) is 10.9. The molecule has 0 unspecified atom stereocenters. The first-order valence-electron chi connectivity index (χ1n) is 2.33. The molecular formula is C5H9NOS. The fourth-order valence-corrected chi connectivity index (χ4v) is 0.375. The lowest BCUT2D eigenvalue weighted by Gasteiger charge is -1.97. The number of hydrogen-bond acceptors (Lipinski definition) is 2. The second-order valence-electron chi connectivity index (χ2n) is 1.23. The van der Waals surface area contributed by atoms with Gasteiger partial charge in [-0.3, -0.25) is 0 Å². The molecule has 0 spiro atoms. The molecule has 0 aromatic carbocycles. The molecular weight excluding hydrogens is 122 g/mol. The van der Waals surface area contributed by atoms with Crippen LogP contribution in [0, 0.1) is 5.21 Å². The highest BCUT2D eigenvalue weighted by Gasteiger charge is 1.90.